The summed E-state index contributed by atoms with van der Waals surface area (Å²) in [5.74, 6) is 6.02. The molecule has 0 aromatic carbocycles. The lowest BCUT2D eigenvalue weighted by molar-refractivity contribution is -0.0296. The fourth-order valence-electron chi connectivity index (χ4n) is 1.52. The van der Waals surface area contributed by atoms with Crippen LogP contribution in [-0.2, 0) is 4.74 Å². The first-order valence-corrected chi connectivity index (χ1v) is 4.48. The number of hydrogen-bond acceptors (Lipinski definition) is 2. The molecule has 2 atom stereocenters. The van der Waals surface area contributed by atoms with Gasteiger partial charge >= 0.3 is 0 Å². The third-order valence-corrected chi connectivity index (χ3v) is 2.29. The van der Waals surface area contributed by atoms with Gasteiger partial charge in [0.15, 0.2) is 0 Å². The van der Waals surface area contributed by atoms with E-state index in [4.69, 9.17) is 4.74 Å². The predicted octanol–water partition coefficient (Wildman–Crippen LogP) is 1.12. The van der Waals surface area contributed by atoms with Gasteiger partial charge in [0, 0.05) is 12.1 Å². The zero-order chi connectivity index (χ0) is 8.97. The van der Waals surface area contributed by atoms with E-state index in [-0.39, 0.29) is 0 Å². The molecule has 12 heavy (non-hydrogen) atoms. The Bertz CT molecular complexity index is 182. The molecule has 1 saturated heterocycles. The van der Waals surface area contributed by atoms with Crippen LogP contribution in [0.2, 0.25) is 0 Å². The molecule has 0 aromatic rings. The van der Waals surface area contributed by atoms with Crippen LogP contribution in [0, 0.1) is 11.8 Å². The number of rotatable bonds is 1. The summed E-state index contributed by atoms with van der Waals surface area (Å²) in [5, 5.41) is 0. The molecule has 0 amide bonds. The molecular weight excluding hydrogens is 150 g/mol. The second-order valence-corrected chi connectivity index (χ2v) is 3.33. The summed E-state index contributed by atoms with van der Waals surface area (Å²) in [4.78, 5) is 2.39. The average Bonchev–Trinajstić information content (AvgIpc) is 2.04. The van der Waals surface area contributed by atoms with Gasteiger partial charge < -0.3 is 4.74 Å². The van der Waals surface area contributed by atoms with E-state index in [2.05, 4.69) is 30.6 Å². The third-order valence-electron chi connectivity index (χ3n) is 2.29. The van der Waals surface area contributed by atoms with Crippen LogP contribution in [0.4, 0.5) is 0 Å². The summed E-state index contributed by atoms with van der Waals surface area (Å²) in [5.41, 5.74) is 0. The van der Waals surface area contributed by atoms with Crippen LogP contribution in [0.3, 0.4) is 0 Å². The molecule has 0 saturated carbocycles. The van der Waals surface area contributed by atoms with Crippen LogP contribution >= 0.6 is 0 Å². The summed E-state index contributed by atoms with van der Waals surface area (Å²) in [7, 11) is 0. The van der Waals surface area contributed by atoms with E-state index in [1.54, 1.807) is 0 Å². The quantitative estimate of drug-likeness (QED) is 0.543. The Labute approximate surface area is 74.9 Å². The molecular formula is C10H17NO. The molecule has 2 unspecified atom stereocenters. The summed E-state index contributed by atoms with van der Waals surface area (Å²) in [6, 6.07) is 1.02. The summed E-state index contributed by atoms with van der Waals surface area (Å²) < 4.78 is 5.41. The van der Waals surface area contributed by atoms with Crippen LogP contribution in [0.25, 0.3) is 0 Å². The normalized spacial score (nSPS) is 30.9. The molecule has 0 aliphatic carbocycles. The van der Waals surface area contributed by atoms with Gasteiger partial charge in [-0.15, -0.1) is 5.92 Å². The zero-order valence-corrected chi connectivity index (χ0v) is 8.13. The van der Waals surface area contributed by atoms with Crippen molar-refractivity contribution in [2.45, 2.75) is 32.9 Å². The number of ether oxygens (including phenoxy) is 1. The van der Waals surface area contributed by atoms with Crippen LogP contribution < -0.4 is 0 Å². The maximum atomic E-state index is 5.41. The molecule has 0 spiro atoms. The lowest BCUT2D eigenvalue weighted by Crippen LogP contribution is -2.49. The Hall–Kier alpha value is -0.520. The minimum absolute atomic E-state index is 0.509. The van der Waals surface area contributed by atoms with Crippen molar-refractivity contribution < 1.29 is 4.74 Å². The second-order valence-electron chi connectivity index (χ2n) is 3.33. The number of morpholine rings is 1. The van der Waals surface area contributed by atoms with E-state index in [1.165, 1.54) is 0 Å². The number of nitrogens with zero attached hydrogens (tertiary/aromatic N) is 1. The molecule has 2 heteroatoms. The van der Waals surface area contributed by atoms with Gasteiger partial charge in [-0.2, -0.15) is 0 Å². The predicted molar refractivity (Wildman–Crippen MR) is 49.9 cm³/mol. The highest BCUT2D eigenvalue weighted by molar-refractivity contribution is 4.99. The molecule has 0 N–H and O–H groups in total. The summed E-state index contributed by atoms with van der Waals surface area (Å²) in [6.45, 7) is 8.82. The first-order valence-electron chi connectivity index (χ1n) is 4.48. The first-order chi connectivity index (χ1) is 5.75. The molecule has 1 rings (SSSR count). The van der Waals surface area contributed by atoms with Crippen LogP contribution in [0.1, 0.15) is 20.8 Å². The van der Waals surface area contributed by atoms with Crippen LogP contribution in [0.15, 0.2) is 0 Å². The SMILES string of the molecule is CC#CCN1C(C)COCC1C. The number of hydrogen-bond donors (Lipinski definition) is 0. The van der Waals surface area contributed by atoms with Gasteiger partial charge in [-0.25, -0.2) is 0 Å². The average molecular weight is 167 g/mol. The highest BCUT2D eigenvalue weighted by Crippen LogP contribution is 2.11. The molecule has 0 aromatic heterocycles. The molecule has 1 fully saturated rings. The van der Waals surface area contributed by atoms with E-state index >= 15 is 0 Å². The summed E-state index contributed by atoms with van der Waals surface area (Å²) in [6.07, 6.45) is 0. The van der Waals surface area contributed by atoms with Gasteiger partial charge in [-0.05, 0) is 20.8 Å². The van der Waals surface area contributed by atoms with Gasteiger partial charge in [0.05, 0.1) is 19.8 Å². The fourth-order valence-corrected chi connectivity index (χ4v) is 1.52. The Morgan fingerprint density at radius 3 is 2.42 bits per heavy atom. The van der Waals surface area contributed by atoms with Crippen LogP contribution in [-0.4, -0.2) is 36.7 Å². The minimum Gasteiger partial charge on any atom is -0.378 e. The highest BCUT2D eigenvalue weighted by Gasteiger charge is 2.23. The fraction of sp³-hybridized carbons (Fsp3) is 0.800. The first kappa shape index (κ1) is 9.57. The lowest BCUT2D eigenvalue weighted by atomic mass is 10.2. The smallest absolute Gasteiger partial charge is 0.0620 e. The lowest BCUT2D eigenvalue weighted by Gasteiger charge is -2.37. The van der Waals surface area contributed by atoms with Gasteiger partial charge in [0.2, 0.25) is 0 Å². The molecule has 68 valence electrons. The van der Waals surface area contributed by atoms with E-state index in [1.807, 2.05) is 6.92 Å². The second kappa shape index (κ2) is 4.49. The highest BCUT2D eigenvalue weighted by atomic mass is 16.5. The van der Waals surface area contributed by atoms with E-state index in [0.717, 1.165) is 19.8 Å². The zero-order valence-electron chi connectivity index (χ0n) is 8.13. The molecule has 1 aliphatic rings. The van der Waals surface area contributed by atoms with Crippen molar-refractivity contribution >= 4 is 0 Å². The van der Waals surface area contributed by atoms with E-state index < -0.39 is 0 Å². The molecule has 0 bridgehead atoms. The summed E-state index contributed by atoms with van der Waals surface area (Å²) >= 11 is 0. The van der Waals surface area contributed by atoms with Crippen molar-refractivity contribution in [2.24, 2.45) is 0 Å². The van der Waals surface area contributed by atoms with E-state index in [9.17, 15) is 0 Å². The van der Waals surface area contributed by atoms with Crippen molar-refractivity contribution in [2.75, 3.05) is 19.8 Å². The largest absolute Gasteiger partial charge is 0.378 e. The van der Waals surface area contributed by atoms with Crippen molar-refractivity contribution in [1.29, 1.82) is 0 Å². The van der Waals surface area contributed by atoms with Crippen molar-refractivity contribution in [3.63, 3.8) is 0 Å². The van der Waals surface area contributed by atoms with Crippen molar-refractivity contribution in [3.8, 4) is 11.8 Å². The van der Waals surface area contributed by atoms with Crippen LogP contribution in [0.5, 0.6) is 0 Å². The van der Waals surface area contributed by atoms with Gasteiger partial charge in [0.1, 0.15) is 0 Å². The Morgan fingerprint density at radius 2 is 1.92 bits per heavy atom. The Morgan fingerprint density at radius 1 is 1.33 bits per heavy atom. The standard InChI is InChI=1S/C10H17NO/c1-4-5-6-11-9(2)7-12-8-10(11)3/h9-10H,6-8H2,1-3H3. The monoisotopic (exact) mass is 167 g/mol. The van der Waals surface area contributed by atoms with Gasteiger partial charge in [-0.3, -0.25) is 4.90 Å². The third kappa shape index (κ3) is 2.23. The maximum Gasteiger partial charge on any atom is 0.0620 e. The van der Waals surface area contributed by atoms with Crippen molar-refractivity contribution in [1.82, 2.24) is 4.90 Å². The van der Waals surface area contributed by atoms with Crippen molar-refractivity contribution in [3.05, 3.63) is 0 Å². The minimum atomic E-state index is 0.509. The Kier molecular flexibility index (Phi) is 3.58. The molecule has 0 radical (unpaired) electrons. The topological polar surface area (TPSA) is 12.5 Å². The molecule has 1 heterocycles. The van der Waals surface area contributed by atoms with Gasteiger partial charge in [-0.1, -0.05) is 5.92 Å². The maximum absolute atomic E-state index is 5.41. The van der Waals surface area contributed by atoms with E-state index in [0.29, 0.717) is 12.1 Å². The molecule has 1 aliphatic heterocycles. The molecule has 2 nitrogen and oxygen atoms in total. The van der Waals surface area contributed by atoms with Gasteiger partial charge in [0.25, 0.3) is 0 Å². The Balaban J connectivity index is 2.48.